The van der Waals surface area contributed by atoms with Crippen LogP contribution in [0.1, 0.15) is 32.3 Å². The Morgan fingerprint density at radius 1 is 1.09 bits per heavy atom. The van der Waals surface area contributed by atoms with Gasteiger partial charge in [-0.25, -0.2) is 0 Å². The van der Waals surface area contributed by atoms with Crippen molar-refractivity contribution in [3.8, 4) is 0 Å². The molecule has 0 aliphatic heterocycles. The van der Waals surface area contributed by atoms with Crippen molar-refractivity contribution in [1.82, 2.24) is 0 Å². The molecule has 0 saturated carbocycles. The summed E-state index contributed by atoms with van der Waals surface area (Å²) < 4.78 is 11.2. The van der Waals surface area contributed by atoms with Gasteiger partial charge >= 0.3 is 0 Å². The number of hydrogen-bond donors (Lipinski definition) is 0. The Morgan fingerprint density at radius 3 is 2.14 bits per heavy atom. The summed E-state index contributed by atoms with van der Waals surface area (Å²) in [6.07, 6.45) is 2.53. The van der Waals surface area contributed by atoms with Crippen molar-refractivity contribution in [1.29, 1.82) is 0 Å². The largest absolute Gasteiger partial charge is 0.389 e. The molecule has 1 aromatic carbocycles. The zero-order chi connectivity index (χ0) is 16.9. The van der Waals surface area contributed by atoms with Crippen molar-refractivity contribution in [3.05, 3.63) is 35.9 Å². The summed E-state index contributed by atoms with van der Waals surface area (Å²) in [7, 11) is -1.86. The quantitative estimate of drug-likeness (QED) is 0.314. The van der Waals surface area contributed by atoms with E-state index in [2.05, 4.69) is 43.9 Å². The maximum absolute atomic E-state index is 6.46. The summed E-state index contributed by atoms with van der Waals surface area (Å²) in [5.74, 6) is -0.954. The lowest BCUT2D eigenvalue weighted by atomic mass is 10.0. The van der Waals surface area contributed by atoms with Gasteiger partial charge in [-0.3, -0.25) is 0 Å². The van der Waals surface area contributed by atoms with Crippen LogP contribution in [0, 0.1) is 0 Å². The second-order valence-corrected chi connectivity index (χ2v) is 12.8. The molecule has 0 radical (unpaired) electrons. The van der Waals surface area contributed by atoms with Crippen LogP contribution in [-0.4, -0.2) is 25.0 Å². The molecule has 0 fully saturated rings. The number of rotatable bonds is 9. The van der Waals surface area contributed by atoms with Crippen molar-refractivity contribution >= 4 is 31.5 Å². The summed E-state index contributed by atoms with van der Waals surface area (Å²) in [6, 6.07) is 10.4. The minimum Gasteiger partial charge on any atom is -0.389 e. The van der Waals surface area contributed by atoms with Crippen LogP contribution in [-0.2, 0) is 15.6 Å². The van der Waals surface area contributed by atoms with Crippen molar-refractivity contribution < 1.29 is 9.16 Å². The molecule has 1 unspecified atom stereocenters. The van der Waals surface area contributed by atoms with E-state index >= 15 is 0 Å². The third-order valence-corrected chi connectivity index (χ3v) is 4.85. The molecule has 0 aromatic heterocycles. The van der Waals surface area contributed by atoms with Gasteiger partial charge in [0.05, 0.1) is 0 Å². The van der Waals surface area contributed by atoms with Gasteiger partial charge < -0.3 is 9.16 Å². The standard InChI is InChI=1S/C17H28Cl2O2Si/c1-6-20-17(16(2,18)19,21-22(3,4)5)14-10-13-15-11-8-7-9-12-15/h7-9,11-12H,6,10,13-14H2,1-5H3. The zero-order valence-electron chi connectivity index (χ0n) is 14.3. The highest BCUT2D eigenvalue weighted by atomic mass is 35.5. The molecule has 2 nitrogen and oxygen atoms in total. The Balaban J connectivity index is 2.84. The fraction of sp³-hybridized carbons (Fsp3) is 0.647. The molecule has 1 aromatic rings. The van der Waals surface area contributed by atoms with E-state index in [0.29, 0.717) is 13.0 Å². The molecule has 5 heteroatoms. The fourth-order valence-corrected chi connectivity index (χ4v) is 4.35. The molecule has 1 rings (SSSR count). The molecule has 0 aliphatic rings. The van der Waals surface area contributed by atoms with Crippen molar-refractivity contribution in [2.75, 3.05) is 6.61 Å². The first-order valence-electron chi connectivity index (χ1n) is 7.85. The number of ether oxygens (including phenoxy) is 1. The molecule has 0 spiro atoms. The van der Waals surface area contributed by atoms with E-state index in [-0.39, 0.29) is 0 Å². The van der Waals surface area contributed by atoms with Crippen LogP contribution >= 0.6 is 23.2 Å². The maximum atomic E-state index is 6.46. The van der Waals surface area contributed by atoms with Crippen LogP contribution in [0.4, 0.5) is 0 Å². The lowest BCUT2D eigenvalue weighted by molar-refractivity contribution is -0.198. The van der Waals surface area contributed by atoms with Gasteiger partial charge in [-0.15, -0.1) is 0 Å². The Labute approximate surface area is 146 Å². The van der Waals surface area contributed by atoms with E-state index in [0.717, 1.165) is 12.8 Å². The maximum Gasteiger partial charge on any atom is 0.192 e. The highest BCUT2D eigenvalue weighted by Gasteiger charge is 2.50. The Hall–Kier alpha value is -0.0631. The van der Waals surface area contributed by atoms with Crippen LogP contribution in [0.2, 0.25) is 19.6 Å². The highest BCUT2D eigenvalue weighted by molar-refractivity contribution is 6.70. The van der Waals surface area contributed by atoms with Crippen molar-refractivity contribution in [2.45, 2.75) is 62.9 Å². The van der Waals surface area contributed by atoms with E-state index < -0.39 is 18.4 Å². The number of hydrogen-bond acceptors (Lipinski definition) is 2. The van der Waals surface area contributed by atoms with E-state index in [4.69, 9.17) is 32.4 Å². The first-order valence-corrected chi connectivity index (χ1v) is 12.0. The summed E-state index contributed by atoms with van der Waals surface area (Å²) in [5.41, 5.74) is 1.30. The number of aryl methyl sites for hydroxylation is 1. The molecule has 0 amide bonds. The van der Waals surface area contributed by atoms with Crippen LogP contribution in [0.25, 0.3) is 0 Å². The van der Waals surface area contributed by atoms with Crippen LogP contribution in [0.15, 0.2) is 30.3 Å². The average molecular weight is 363 g/mol. The van der Waals surface area contributed by atoms with E-state index in [1.807, 2.05) is 13.0 Å². The average Bonchev–Trinajstić information content (AvgIpc) is 2.37. The van der Waals surface area contributed by atoms with Gasteiger partial charge in [0.25, 0.3) is 0 Å². The molecule has 22 heavy (non-hydrogen) atoms. The minimum absolute atomic E-state index is 0.519. The van der Waals surface area contributed by atoms with E-state index in [1.165, 1.54) is 5.56 Å². The molecule has 0 saturated heterocycles. The summed E-state index contributed by atoms with van der Waals surface area (Å²) in [5, 5.41) is 0. The fourth-order valence-electron chi connectivity index (χ4n) is 2.49. The lowest BCUT2D eigenvalue weighted by Gasteiger charge is -2.44. The van der Waals surface area contributed by atoms with Crippen LogP contribution in [0.3, 0.4) is 0 Å². The summed E-state index contributed by atoms with van der Waals surface area (Å²) in [6.45, 7) is 10.6. The van der Waals surface area contributed by atoms with Crippen molar-refractivity contribution in [3.63, 3.8) is 0 Å². The molecular formula is C17H28Cl2O2Si. The smallest absolute Gasteiger partial charge is 0.192 e. The molecule has 1 atom stereocenters. The van der Waals surface area contributed by atoms with E-state index in [1.54, 1.807) is 6.92 Å². The lowest BCUT2D eigenvalue weighted by Crippen LogP contribution is -2.54. The molecule has 0 aliphatic carbocycles. The number of halogens is 2. The van der Waals surface area contributed by atoms with Crippen LogP contribution < -0.4 is 0 Å². The Morgan fingerprint density at radius 2 is 1.68 bits per heavy atom. The summed E-state index contributed by atoms with van der Waals surface area (Å²) >= 11 is 12.9. The van der Waals surface area contributed by atoms with Gasteiger partial charge in [-0.1, -0.05) is 53.5 Å². The van der Waals surface area contributed by atoms with Gasteiger partial charge in [-0.05, 0) is 51.9 Å². The number of benzene rings is 1. The normalized spacial score (nSPS) is 15.6. The first-order chi connectivity index (χ1) is 10.1. The van der Waals surface area contributed by atoms with Gasteiger partial charge in [-0.2, -0.15) is 0 Å². The molecule has 0 bridgehead atoms. The van der Waals surface area contributed by atoms with Gasteiger partial charge in [0.2, 0.25) is 0 Å². The predicted octanol–water partition coefficient (Wildman–Crippen LogP) is 5.79. The summed E-state index contributed by atoms with van der Waals surface area (Å²) in [4.78, 5) is 0. The Bertz CT molecular complexity index is 440. The molecule has 0 N–H and O–H groups in total. The third-order valence-electron chi connectivity index (χ3n) is 3.33. The predicted molar refractivity (Wildman–Crippen MR) is 98.3 cm³/mol. The number of alkyl halides is 2. The zero-order valence-corrected chi connectivity index (χ0v) is 16.8. The Kier molecular flexibility index (Phi) is 7.41. The third kappa shape index (κ3) is 6.21. The highest BCUT2D eigenvalue weighted by Crippen LogP contribution is 2.43. The van der Waals surface area contributed by atoms with Gasteiger partial charge in [0.15, 0.2) is 18.4 Å². The second-order valence-electron chi connectivity index (χ2n) is 6.63. The van der Waals surface area contributed by atoms with Gasteiger partial charge in [0.1, 0.15) is 0 Å². The first kappa shape index (κ1) is 20.0. The molecule has 0 heterocycles. The molecule has 126 valence electrons. The second kappa shape index (κ2) is 8.16. The van der Waals surface area contributed by atoms with Gasteiger partial charge in [0, 0.05) is 13.0 Å². The monoisotopic (exact) mass is 362 g/mol. The van der Waals surface area contributed by atoms with Crippen molar-refractivity contribution in [2.24, 2.45) is 0 Å². The van der Waals surface area contributed by atoms with Crippen LogP contribution in [0.5, 0.6) is 0 Å². The minimum atomic E-state index is -1.86. The molecular weight excluding hydrogens is 335 g/mol. The SMILES string of the molecule is CCOC(CCCc1ccccc1)(O[Si](C)(C)C)C(C)(Cl)Cl. The van der Waals surface area contributed by atoms with E-state index in [9.17, 15) is 0 Å². The topological polar surface area (TPSA) is 18.5 Å².